The van der Waals surface area contributed by atoms with Gasteiger partial charge >= 0.3 is 0 Å². The molecule has 0 aliphatic rings. The Balaban J connectivity index is 2.71. The van der Waals surface area contributed by atoms with Gasteiger partial charge in [-0.1, -0.05) is 43.3 Å². The van der Waals surface area contributed by atoms with Gasteiger partial charge in [-0.05, 0) is 12.1 Å². The summed E-state index contributed by atoms with van der Waals surface area (Å²) in [5, 5.41) is 0. The molecule has 0 bridgehead atoms. The van der Waals surface area contributed by atoms with Crippen molar-refractivity contribution < 1.29 is 8.42 Å². The number of hydrogen-bond acceptors (Lipinski definition) is 3. The number of sulfone groups is 1. The summed E-state index contributed by atoms with van der Waals surface area (Å²) in [4.78, 5) is 0.338. The summed E-state index contributed by atoms with van der Waals surface area (Å²) in [5.74, 6) is 0.0801. The van der Waals surface area contributed by atoms with Gasteiger partial charge in [-0.25, -0.2) is 8.42 Å². The van der Waals surface area contributed by atoms with Crippen LogP contribution in [-0.4, -0.2) is 14.2 Å². The third kappa shape index (κ3) is 2.24. The smallest absolute Gasteiger partial charge is 0.178 e. The van der Waals surface area contributed by atoms with Crippen LogP contribution < -0.4 is 5.73 Å². The Bertz CT molecular complexity index is 663. The van der Waals surface area contributed by atoms with E-state index < -0.39 is 9.84 Å². The van der Waals surface area contributed by atoms with E-state index in [2.05, 4.69) is 0 Å². The summed E-state index contributed by atoms with van der Waals surface area (Å²) < 4.78 is 24.1. The summed E-state index contributed by atoms with van der Waals surface area (Å²) >= 11 is 0. The van der Waals surface area contributed by atoms with Crippen molar-refractivity contribution in [2.45, 2.75) is 11.8 Å². The number of anilines is 1. The Morgan fingerprint density at radius 3 is 2.11 bits per heavy atom. The summed E-state index contributed by atoms with van der Waals surface area (Å²) in [6, 6.07) is 14.2. The molecule has 0 radical (unpaired) electrons. The van der Waals surface area contributed by atoms with E-state index in [1.807, 2.05) is 24.3 Å². The molecule has 0 aliphatic carbocycles. The van der Waals surface area contributed by atoms with Crippen molar-refractivity contribution in [1.29, 1.82) is 0 Å². The van der Waals surface area contributed by atoms with Gasteiger partial charge in [0, 0.05) is 16.8 Å². The minimum atomic E-state index is -3.25. The summed E-state index contributed by atoms with van der Waals surface area (Å²) in [6.07, 6.45) is 0. The van der Waals surface area contributed by atoms with Crippen molar-refractivity contribution >= 4 is 15.5 Å². The van der Waals surface area contributed by atoms with Crippen molar-refractivity contribution in [1.82, 2.24) is 0 Å². The van der Waals surface area contributed by atoms with E-state index >= 15 is 0 Å². The van der Waals surface area contributed by atoms with Gasteiger partial charge in [-0.3, -0.25) is 0 Å². The molecule has 0 aliphatic heterocycles. The Morgan fingerprint density at radius 2 is 1.50 bits per heavy atom. The Hall–Kier alpha value is -1.81. The van der Waals surface area contributed by atoms with E-state index in [0.717, 1.165) is 5.56 Å². The molecule has 0 saturated carbocycles. The average Bonchev–Trinajstić information content (AvgIpc) is 2.39. The number of rotatable bonds is 3. The van der Waals surface area contributed by atoms with Gasteiger partial charge in [0.15, 0.2) is 9.84 Å². The lowest BCUT2D eigenvalue weighted by atomic mass is 10.0. The molecule has 0 atom stereocenters. The van der Waals surface area contributed by atoms with Gasteiger partial charge in [0.2, 0.25) is 0 Å². The summed E-state index contributed by atoms with van der Waals surface area (Å²) in [5.41, 5.74) is 7.91. The van der Waals surface area contributed by atoms with Gasteiger partial charge in [0.1, 0.15) is 0 Å². The van der Waals surface area contributed by atoms with Crippen LogP contribution in [0.2, 0.25) is 0 Å². The van der Waals surface area contributed by atoms with Crippen molar-refractivity contribution in [3.05, 3.63) is 48.5 Å². The van der Waals surface area contributed by atoms with E-state index in [0.29, 0.717) is 16.1 Å². The first-order valence-electron chi connectivity index (χ1n) is 5.73. The highest BCUT2D eigenvalue weighted by molar-refractivity contribution is 7.91. The quantitative estimate of drug-likeness (QED) is 0.864. The standard InChI is InChI=1S/C14H15NO2S/c1-2-18(16,17)14-10-6-4-8-12(14)11-7-3-5-9-13(11)15/h3-10H,2,15H2,1H3. The minimum absolute atomic E-state index is 0.0801. The molecule has 0 unspecified atom stereocenters. The van der Waals surface area contributed by atoms with Crippen molar-refractivity contribution in [3.8, 4) is 11.1 Å². The summed E-state index contributed by atoms with van der Waals surface area (Å²) in [7, 11) is -3.25. The maximum atomic E-state index is 12.1. The molecule has 0 heterocycles. The second-order valence-electron chi connectivity index (χ2n) is 3.99. The molecule has 2 aromatic carbocycles. The fraction of sp³-hybridized carbons (Fsp3) is 0.143. The number of hydrogen-bond donors (Lipinski definition) is 1. The highest BCUT2D eigenvalue weighted by atomic mass is 32.2. The number of para-hydroxylation sites is 1. The van der Waals surface area contributed by atoms with E-state index in [4.69, 9.17) is 5.73 Å². The molecule has 2 N–H and O–H groups in total. The molecule has 4 heteroatoms. The second kappa shape index (κ2) is 4.82. The predicted molar refractivity (Wildman–Crippen MR) is 74.0 cm³/mol. The third-order valence-corrected chi connectivity index (χ3v) is 4.64. The lowest BCUT2D eigenvalue weighted by Crippen LogP contribution is -2.06. The van der Waals surface area contributed by atoms with Gasteiger partial charge in [-0.2, -0.15) is 0 Å². The first-order chi connectivity index (χ1) is 8.56. The van der Waals surface area contributed by atoms with E-state index in [-0.39, 0.29) is 5.75 Å². The highest BCUT2D eigenvalue weighted by Gasteiger charge is 2.17. The highest BCUT2D eigenvalue weighted by Crippen LogP contribution is 2.31. The van der Waals surface area contributed by atoms with E-state index in [9.17, 15) is 8.42 Å². The molecule has 18 heavy (non-hydrogen) atoms. The van der Waals surface area contributed by atoms with Crippen LogP contribution in [0.4, 0.5) is 5.69 Å². The molecule has 2 rings (SSSR count). The molecule has 94 valence electrons. The maximum absolute atomic E-state index is 12.1. The fourth-order valence-electron chi connectivity index (χ4n) is 1.86. The van der Waals surface area contributed by atoms with Crippen LogP contribution in [0.3, 0.4) is 0 Å². The Labute approximate surface area is 107 Å². The first kappa shape index (κ1) is 12.6. The number of benzene rings is 2. The molecule has 0 spiro atoms. The monoisotopic (exact) mass is 261 g/mol. The average molecular weight is 261 g/mol. The van der Waals surface area contributed by atoms with Crippen molar-refractivity contribution in [3.63, 3.8) is 0 Å². The normalized spacial score (nSPS) is 11.4. The molecular formula is C14H15NO2S. The topological polar surface area (TPSA) is 60.2 Å². The van der Waals surface area contributed by atoms with Crippen LogP contribution >= 0.6 is 0 Å². The van der Waals surface area contributed by atoms with Crippen LogP contribution in [0.1, 0.15) is 6.92 Å². The summed E-state index contributed by atoms with van der Waals surface area (Å²) in [6.45, 7) is 1.64. The second-order valence-corrected chi connectivity index (χ2v) is 6.23. The zero-order valence-electron chi connectivity index (χ0n) is 10.1. The first-order valence-corrected chi connectivity index (χ1v) is 7.38. The van der Waals surface area contributed by atoms with Crippen LogP contribution in [0.15, 0.2) is 53.4 Å². The van der Waals surface area contributed by atoms with E-state index in [1.165, 1.54) is 0 Å². The van der Waals surface area contributed by atoms with Gasteiger partial charge in [-0.15, -0.1) is 0 Å². The number of nitrogen functional groups attached to an aromatic ring is 1. The van der Waals surface area contributed by atoms with Crippen LogP contribution in [0.5, 0.6) is 0 Å². The van der Waals surface area contributed by atoms with Crippen LogP contribution in [0, 0.1) is 0 Å². The minimum Gasteiger partial charge on any atom is -0.398 e. The molecular weight excluding hydrogens is 246 g/mol. The molecule has 3 nitrogen and oxygen atoms in total. The van der Waals surface area contributed by atoms with Gasteiger partial charge < -0.3 is 5.73 Å². The van der Waals surface area contributed by atoms with E-state index in [1.54, 1.807) is 31.2 Å². The van der Waals surface area contributed by atoms with Gasteiger partial charge in [0.25, 0.3) is 0 Å². The lowest BCUT2D eigenvalue weighted by molar-refractivity contribution is 0.597. The lowest BCUT2D eigenvalue weighted by Gasteiger charge is -2.11. The zero-order valence-corrected chi connectivity index (χ0v) is 10.9. The predicted octanol–water partition coefficient (Wildman–Crippen LogP) is 2.73. The van der Waals surface area contributed by atoms with Crippen molar-refractivity contribution in [2.24, 2.45) is 0 Å². The third-order valence-electron chi connectivity index (χ3n) is 2.85. The van der Waals surface area contributed by atoms with Crippen molar-refractivity contribution in [2.75, 3.05) is 11.5 Å². The maximum Gasteiger partial charge on any atom is 0.178 e. The largest absolute Gasteiger partial charge is 0.398 e. The Kier molecular flexibility index (Phi) is 3.39. The molecule has 2 aromatic rings. The van der Waals surface area contributed by atoms with Crippen LogP contribution in [-0.2, 0) is 9.84 Å². The number of nitrogens with two attached hydrogens (primary N) is 1. The molecule has 0 saturated heterocycles. The van der Waals surface area contributed by atoms with Crippen LogP contribution in [0.25, 0.3) is 11.1 Å². The Morgan fingerprint density at radius 1 is 0.944 bits per heavy atom. The fourth-order valence-corrected chi connectivity index (χ4v) is 2.97. The molecule has 0 aromatic heterocycles. The SMILES string of the molecule is CCS(=O)(=O)c1ccccc1-c1ccccc1N. The molecule has 0 amide bonds. The van der Waals surface area contributed by atoms with Gasteiger partial charge in [0.05, 0.1) is 10.6 Å². The molecule has 0 fully saturated rings. The zero-order chi connectivity index (χ0) is 13.2.